The van der Waals surface area contributed by atoms with Crippen LogP contribution in [0.4, 0.5) is 0 Å². The number of allylic oxidation sites excluding steroid dienone is 1. The van der Waals surface area contributed by atoms with Crippen LogP contribution in [0.3, 0.4) is 0 Å². The van der Waals surface area contributed by atoms with Crippen molar-refractivity contribution in [3.05, 3.63) is 97.1 Å². The van der Waals surface area contributed by atoms with Gasteiger partial charge in [-0.15, -0.1) is 13.2 Å². The summed E-state index contributed by atoms with van der Waals surface area (Å²) in [4.78, 5) is 62.8. The number of amides is 3. The average Bonchev–Trinajstić information content (AvgIpc) is 3.84. The molecule has 3 aliphatic heterocycles. The Labute approximate surface area is 313 Å². The lowest BCUT2D eigenvalue weighted by Gasteiger charge is -2.42. The molecule has 1 saturated carbocycles. The molecule has 53 heavy (non-hydrogen) atoms. The number of fused-ring (bicyclic) bond motifs is 1. The number of esters is 1. The zero-order valence-electron chi connectivity index (χ0n) is 31.2. The first-order chi connectivity index (χ1) is 25.7. The highest BCUT2D eigenvalue weighted by Crippen LogP contribution is 2.59. The van der Waals surface area contributed by atoms with Crippen LogP contribution in [-0.4, -0.2) is 99.6 Å². The molecule has 6 rings (SSSR count). The van der Waals surface area contributed by atoms with Crippen molar-refractivity contribution in [3.63, 3.8) is 0 Å². The fourth-order valence-corrected chi connectivity index (χ4v) is 9.40. The van der Waals surface area contributed by atoms with Gasteiger partial charge in [0.2, 0.25) is 17.7 Å². The minimum Gasteiger partial charge on any atom is -0.455 e. The number of nitrogens with zero attached hydrogens (tertiary/aromatic N) is 3. The third kappa shape index (κ3) is 7.45. The Balaban J connectivity index is 1.36. The predicted octanol–water partition coefficient (Wildman–Crippen LogP) is 5.41. The van der Waals surface area contributed by atoms with Gasteiger partial charge in [-0.1, -0.05) is 92.1 Å². The van der Waals surface area contributed by atoms with E-state index in [1.54, 1.807) is 29.0 Å². The maximum absolute atomic E-state index is 15.1. The zero-order chi connectivity index (χ0) is 37.7. The van der Waals surface area contributed by atoms with Crippen molar-refractivity contribution in [2.45, 2.75) is 113 Å². The normalized spacial score (nSPS) is 26.7. The van der Waals surface area contributed by atoms with Crippen molar-refractivity contribution in [1.82, 2.24) is 14.7 Å². The summed E-state index contributed by atoms with van der Waals surface area (Å²) in [7, 11) is 1.70. The number of benzene rings is 2. The van der Waals surface area contributed by atoms with Crippen molar-refractivity contribution in [2.75, 3.05) is 20.2 Å². The molecule has 2 aromatic carbocycles. The standard InChI is InChI=1S/C43H55N3O7/c1-5-7-23-35(48)44(4)29(3)38(31-19-13-9-14-20-31)52-42(51)36-34-24-25-43(53-34)37(36)40(49)46(33(28-47)27-30-17-11-8-12-18-30)39(43)41(50)45(26-6-2)32-21-15-10-16-22-32/h5-6,8-9,11-14,17-20,29,32-34,36-39,47H,1-2,7,10,15-16,21-28H2,3-4H3/t29-,33-,34-,36+,37+,38+,39-,43+/m1/s1. The summed E-state index contributed by atoms with van der Waals surface area (Å²) in [5.74, 6) is -3.21. The number of likely N-dealkylation sites (tertiary alicyclic amines) is 1. The Hall–Kier alpha value is -4.28. The minimum atomic E-state index is -1.26. The molecular weight excluding hydrogens is 670 g/mol. The molecule has 4 aliphatic rings. The average molecular weight is 726 g/mol. The second-order valence-electron chi connectivity index (χ2n) is 15.2. The van der Waals surface area contributed by atoms with Crippen LogP contribution in [0, 0.1) is 11.8 Å². The summed E-state index contributed by atoms with van der Waals surface area (Å²) in [6.07, 6.45) is 8.93. The largest absolute Gasteiger partial charge is 0.455 e. The van der Waals surface area contributed by atoms with Gasteiger partial charge in [-0.3, -0.25) is 19.2 Å². The molecule has 3 heterocycles. The van der Waals surface area contributed by atoms with Crippen molar-refractivity contribution in [3.8, 4) is 0 Å². The molecule has 0 radical (unpaired) electrons. The fourth-order valence-electron chi connectivity index (χ4n) is 9.40. The lowest BCUT2D eigenvalue weighted by molar-refractivity contribution is -0.165. The molecule has 10 heteroatoms. The lowest BCUT2D eigenvalue weighted by Crippen LogP contribution is -2.60. The van der Waals surface area contributed by atoms with E-state index in [4.69, 9.17) is 9.47 Å². The van der Waals surface area contributed by atoms with Gasteiger partial charge >= 0.3 is 5.97 Å². The Morgan fingerprint density at radius 2 is 1.70 bits per heavy atom. The van der Waals surface area contributed by atoms with E-state index in [0.29, 0.717) is 32.2 Å². The Morgan fingerprint density at radius 1 is 1.02 bits per heavy atom. The molecule has 3 saturated heterocycles. The van der Waals surface area contributed by atoms with Gasteiger partial charge in [0, 0.05) is 26.1 Å². The van der Waals surface area contributed by atoms with Crippen molar-refractivity contribution in [2.24, 2.45) is 11.8 Å². The Morgan fingerprint density at radius 3 is 2.34 bits per heavy atom. The number of hydrogen-bond acceptors (Lipinski definition) is 7. The lowest BCUT2D eigenvalue weighted by atomic mass is 9.70. The molecule has 2 aromatic rings. The number of carbonyl (C=O) groups is 4. The zero-order valence-corrected chi connectivity index (χ0v) is 31.2. The summed E-state index contributed by atoms with van der Waals surface area (Å²) in [5, 5.41) is 10.9. The summed E-state index contributed by atoms with van der Waals surface area (Å²) in [6.45, 7) is 9.50. The summed E-state index contributed by atoms with van der Waals surface area (Å²) < 4.78 is 13.2. The van der Waals surface area contributed by atoms with Crippen LogP contribution < -0.4 is 0 Å². The van der Waals surface area contributed by atoms with Gasteiger partial charge in [-0.05, 0) is 56.6 Å². The monoisotopic (exact) mass is 725 g/mol. The van der Waals surface area contributed by atoms with Crippen LogP contribution in [-0.2, 0) is 35.1 Å². The van der Waals surface area contributed by atoms with E-state index in [1.807, 2.05) is 72.5 Å². The van der Waals surface area contributed by atoms with Crippen LogP contribution in [0.2, 0.25) is 0 Å². The molecule has 8 atom stereocenters. The second kappa shape index (κ2) is 16.8. The number of ether oxygens (including phenoxy) is 2. The van der Waals surface area contributed by atoms with Gasteiger partial charge in [0.05, 0.1) is 36.6 Å². The highest BCUT2D eigenvalue weighted by Gasteiger charge is 2.76. The summed E-state index contributed by atoms with van der Waals surface area (Å²) >= 11 is 0. The molecule has 10 nitrogen and oxygen atoms in total. The van der Waals surface area contributed by atoms with Crippen LogP contribution in [0.15, 0.2) is 86.0 Å². The first-order valence-corrected chi connectivity index (χ1v) is 19.3. The molecular formula is C43H55N3O7. The smallest absolute Gasteiger partial charge is 0.313 e. The van der Waals surface area contributed by atoms with E-state index in [2.05, 4.69) is 13.2 Å². The number of hydrogen-bond donors (Lipinski definition) is 1. The third-order valence-corrected chi connectivity index (χ3v) is 12.2. The first-order valence-electron chi connectivity index (χ1n) is 19.3. The molecule has 4 fully saturated rings. The van der Waals surface area contributed by atoms with Crippen LogP contribution in [0.25, 0.3) is 0 Å². The highest BCUT2D eigenvalue weighted by atomic mass is 16.6. The minimum absolute atomic E-state index is 0.00187. The van der Waals surface area contributed by atoms with Gasteiger partial charge in [0.1, 0.15) is 17.7 Å². The molecule has 2 bridgehead atoms. The van der Waals surface area contributed by atoms with Gasteiger partial charge in [-0.25, -0.2) is 0 Å². The van der Waals surface area contributed by atoms with Gasteiger partial charge in [0.15, 0.2) is 0 Å². The fraction of sp³-hybridized carbons (Fsp3) is 0.535. The van der Waals surface area contributed by atoms with Crippen molar-refractivity contribution < 1.29 is 33.8 Å². The maximum Gasteiger partial charge on any atom is 0.313 e. The number of aliphatic hydroxyl groups is 1. The topological polar surface area (TPSA) is 117 Å². The Kier molecular flexibility index (Phi) is 12.2. The number of likely N-dealkylation sites (N-methyl/N-ethyl adjacent to an activating group) is 1. The van der Waals surface area contributed by atoms with Crippen LogP contribution in [0.5, 0.6) is 0 Å². The summed E-state index contributed by atoms with van der Waals surface area (Å²) in [6, 6.07) is 16.7. The van der Waals surface area contributed by atoms with Gasteiger partial charge in [-0.2, -0.15) is 0 Å². The van der Waals surface area contributed by atoms with Crippen molar-refractivity contribution in [1.29, 1.82) is 0 Å². The third-order valence-electron chi connectivity index (χ3n) is 12.2. The number of rotatable bonds is 16. The van der Waals surface area contributed by atoms with Gasteiger partial charge in [0.25, 0.3) is 0 Å². The van der Waals surface area contributed by atoms with Gasteiger partial charge < -0.3 is 29.3 Å². The second-order valence-corrected chi connectivity index (χ2v) is 15.2. The van der Waals surface area contributed by atoms with Crippen molar-refractivity contribution >= 4 is 23.7 Å². The van der Waals surface area contributed by atoms with E-state index in [0.717, 1.165) is 43.2 Å². The number of carbonyl (C=O) groups excluding carboxylic acids is 4. The van der Waals surface area contributed by atoms with Crippen LogP contribution in [0.1, 0.15) is 81.9 Å². The van der Waals surface area contributed by atoms with E-state index in [1.165, 1.54) is 0 Å². The summed E-state index contributed by atoms with van der Waals surface area (Å²) in [5.41, 5.74) is 0.383. The highest BCUT2D eigenvalue weighted by molar-refractivity contribution is 5.98. The van der Waals surface area contributed by atoms with E-state index < -0.39 is 53.7 Å². The SMILES string of the molecule is C=CCCC(=O)N(C)[C@H](C)[C@H](OC(=O)[C@@H]1[C@H]2C(=O)N([C@@H](CO)Cc3ccccc3)[C@H](C(=O)N(CC=C)C3CCCCC3)[C@]23CC[C@H]1O3)c1ccccc1. The number of aliphatic hydroxyl groups excluding tert-OH is 1. The maximum atomic E-state index is 15.1. The molecule has 284 valence electrons. The van der Waals surface area contributed by atoms with E-state index >= 15 is 9.59 Å². The molecule has 1 aliphatic carbocycles. The first kappa shape index (κ1) is 38.4. The molecule has 1 N–H and O–H groups in total. The Bertz CT molecular complexity index is 1630. The molecule has 0 unspecified atom stereocenters. The quantitative estimate of drug-likeness (QED) is 0.182. The van der Waals surface area contributed by atoms with E-state index in [9.17, 15) is 14.7 Å². The molecule has 3 amide bonds. The van der Waals surface area contributed by atoms with Crippen LogP contribution >= 0.6 is 0 Å². The molecule has 0 aromatic heterocycles. The molecule has 1 spiro atoms. The predicted molar refractivity (Wildman–Crippen MR) is 201 cm³/mol. The van der Waals surface area contributed by atoms with E-state index in [-0.39, 0.29) is 36.8 Å².